The third-order valence-electron chi connectivity index (χ3n) is 5.78. The number of nitrogens with one attached hydrogen (secondary N) is 2. The first kappa shape index (κ1) is 21.9. The summed E-state index contributed by atoms with van der Waals surface area (Å²) in [4.78, 5) is 30.0. The Bertz CT molecular complexity index is 898. The zero-order valence-corrected chi connectivity index (χ0v) is 18.6. The minimum absolute atomic E-state index is 0.0176. The van der Waals surface area contributed by atoms with Crippen LogP contribution in [0.4, 0.5) is 5.69 Å². The Morgan fingerprint density at radius 3 is 2.58 bits per heavy atom. The van der Waals surface area contributed by atoms with Crippen molar-refractivity contribution >= 4 is 29.3 Å². The zero-order chi connectivity index (χ0) is 21.5. The third-order valence-corrected chi connectivity index (χ3v) is 6.85. The number of unbranched alkanes of at least 4 members (excludes halogenated alkanes) is 1. The van der Waals surface area contributed by atoms with Crippen LogP contribution in [-0.4, -0.2) is 66.6 Å². The number of carbonyl (C=O) groups is 2. The fraction of sp³-hybridized carbons (Fsp3) is 0.417. The lowest BCUT2D eigenvalue weighted by Gasteiger charge is -2.34. The molecule has 0 bridgehead atoms. The minimum atomic E-state index is -0.0813. The summed E-state index contributed by atoms with van der Waals surface area (Å²) in [5.74, 6) is 0.332. The Morgan fingerprint density at radius 1 is 1.00 bits per heavy atom. The molecule has 2 heterocycles. The number of carbonyl (C=O) groups excluding carboxylic acids is 2. The van der Waals surface area contributed by atoms with E-state index >= 15 is 0 Å². The fourth-order valence-electron chi connectivity index (χ4n) is 4.00. The molecule has 0 unspecified atom stereocenters. The largest absolute Gasteiger partial charge is 0.352 e. The van der Waals surface area contributed by atoms with Gasteiger partial charge in [0.1, 0.15) is 0 Å². The molecule has 2 aliphatic heterocycles. The molecular formula is C24H30N4O2S. The van der Waals surface area contributed by atoms with Gasteiger partial charge in [0.2, 0.25) is 5.91 Å². The number of nitrogens with zero attached hydrogens (tertiary/aromatic N) is 2. The highest BCUT2D eigenvalue weighted by molar-refractivity contribution is 8.00. The highest BCUT2D eigenvalue weighted by Crippen LogP contribution is 2.31. The first-order chi connectivity index (χ1) is 15.2. The lowest BCUT2D eigenvalue weighted by molar-refractivity contribution is -0.113. The molecule has 164 valence electrons. The van der Waals surface area contributed by atoms with Crippen LogP contribution in [0.25, 0.3) is 0 Å². The van der Waals surface area contributed by atoms with Gasteiger partial charge in [-0.3, -0.25) is 14.5 Å². The van der Waals surface area contributed by atoms with E-state index in [0.717, 1.165) is 62.7 Å². The van der Waals surface area contributed by atoms with Crippen molar-refractivity contribution in [2.75, 3.05) is 50.3 Å². The summed E-state index contributed by atoms with van der Waals surface area (Å²) in [6.07, 6.45) is 2.04. The molecule has 0 spiro atoms. The highest BCUT2D eigenvalue weighted by atomic mass is 32.2. The van der Waals surface area contributed by atoms with E-state index in [0.29, 0.717) is 17.9 Å². The molecule has 2 aromatic rings. The first-order valence-corrected chi connectivity index (χ1v) is 12.0. The normalized spacial score (nSPS) is 17.1. The maximum absolute atomic E-state index is 12.4. The summed E-state index contributed by atoms with van der Waals surface area (Å²) in [5.41, 5.74) is 2.71. The molecule has 2 N–H and O–H groups in total. The van der Waals surface area contributed by atoms with Crippen molar-refractivity contribution < 1.29 is 9.59 Å². The molecule has 31 heavy (non-hydrogen) atoms. The number of rotatable bonds is 8. The van der Waals surface area contributed by atoms with Crippen LogP contribution in [0.5, 0.6) is 0 Å². The van der Waals surface area contributed by atoms with Crippen molar-refractivity contribution in [2.45, 2.75) is 24.3 Å². The van der Waals surface area contributed by atoms with Crippen molar-refractivity contribution in [2.24, 2.45) is 0 Å². The van der Waals surface area contributed by atoms with Crippen molar-refractivity contribution in [3.8, 4) is 0 Å². The van der Waals surface area contributed by atoms with E-state index in [-0.39, 0.29) is 11.8 Å². The lowest BCUT2D eigenvalue weighted by Crippen LogP contribution is -2.46. The second-order valence-electron chi connectivity index (χ2n) is 8.11. The molecule has 0 aromatic heterocycles. The van der Waals surface area contributed by atoms with Crippen LogP contribution >= 0.6 is 11.8 Å². The number of piperazine rings is 1. The van der Waals surface area contributed by atoms with E-state index in [2.05, 4.69) is 50.8 Å². The summed E-state index contributed by atoms with van der Waals surface area (Å²) in [7, 11) is 0. The van der Waals surface area contributed by atoms with Crippen LogP contribution in [-0.2, 0) is 11.3 Å². The van der Waals surface area contributed by atoms with Gasteiger partial charge < -0.3 is 15.5 Å². The number of thioether (sulfide) groups is 1. The van der Waals surface area contributed by atoms with Crippen molar-refractivity contribution in [3.05, 3.63) is 59.7 Å². The quantitative estimate of drug-likeness (QED) is 0.620. The maximum Gasteiger partial charge on any atom is 0.251 e. The molecule has 0 aliphatic carbocycles. The van der Waals surface area contributed by atoms with Crippen molar-refractivity contribution in [3.63, 3.8) is 0 Å². The van der Waals surface area contributed by atoms with E-state index < -0.39 is 0 Å². The fourth-order valence-corrected chi connectivity index (χ4v) is 4.79. The summed E-state index contributed by atoms with van der Waals surface area (Å²) in [5, 5.41) is 5.84. The Hall–Kier alpha value is -2.35. The number of hydrogen-bond acceptors (Lipinski definition) is 5. The van der Waals surface area contributed by atoms with Gasteiger partial charge in [-0.15, -0.1) is 11.8 Å². The second-order valence-corrected chi connectivity index (χ2v) is 9.13. The maximum atomic E-state index is 12.4. The number of benzene rings is 2. The summed E-state index contributed by atoms with van der Waals surface area (Å²) < 4.78 is 0. The second kappa shape index (κ2) is 10.8. The Balaban J connectivity index is 1.11. The van der Waals surface area contributed by atoms with Gasteiger partial charge >= 0.3 is 0 Å². The van der Waals surface area contributed by atoms with Crippen molar-refractivity contribution in [1.82, 2.24) is 15.1 Å². The van der Waals surface area contributed by atoms with E-state index in [1.165, 1.54) is 17.3 Å². The Morgan fingerprint density at radius 2 is 1.77 bits per heavy atom. The highest BCUT2D eigenvalue weighted by Gasteiger charge is 2.18. The standard InChI is InChI=1S/C24H30N4O2S/c29-23-18-31-22-9-8-20(16-21(22)26-23)24(30)25-10-4-5-11-27-12-14-28(15-13-27)17-19-6-2-1-3-7-19/h1-3,6-9,16H,4-5,10-15,17-18H2,(H,25,30)(H,26,29). The van der Waals surface area contributed by atoms with E-state index in [4.69, 9.17) is 0 Å². The van der Waals surface area contributed by atoms with Gasteiger partial charge in [0.15, 0.2) is 0 Å². The molecule has 0 saturated carbocycles. The monoisotopic (exact) mass is 438 g/mol. The summed E-state index contributed by atoms with van der Waals surface area (Å²) in [6.45, 7) is 7.22. The summed E-state index contributed by atoms with van der Waals surface area (Å²) in [6, 6.07) is 16.2. The predicted molar refractivity (Wildman–Crippen MR) is 126 cm³/mol. The van der Waals surface area contributed by atoms with Gasteiger partial charge in [0, 0.05) is 49.7 Å². The Kier molecular flexibility index (Phi) is 7.61. The molecule has 1 saturated heterocycles. The first-order valence-electron chi connectivity index (χ1n) is 11.0. The van der Waals surface area contributed by atoms with Gasteiger partial charge in [0.05, 0.1) is 11.4 Å². The lowest BCUT2D eigenvalue weighted by atomic mass is 10.1. The molecule has 2 aromatic carbocycles. The van der Waals surface area contributed by atoms with Crippen LogP contribution in [0, 0.1) is 0 Å². The molecule has 0 atom stereocenters. The zero-order valence-electron chi connectivity index (χ0n) is 17.8. The van der Waals surface area contributed by atoms with E-state index in [1.807, 2.05) is 12.1 Å². The summed E-state index contributed by atoms with van der Waals surface area (Å²) >= 11 is 1.50. The van der Waals surface area contributed by atoms with Gasteiger partial charge in [-0.2, -0.15) is 0 Å². The molecule has 2 amide bonds. The van der Waals surface area contributed by atoms with Gasteiger partial charge in [-0.1, -0.05) is 30.3 Å². The number of fused-ring (bicyclic) bond motifs is 1. The van der Waals surface area contributed by atoms with Crippen LogP contribution in [0.3, 0.4) is 0 Å². The van der Waals surface area contributed by atoms with Gasteiger partial charge in [-0.05, 0) is 43.1 Å². The van der Waals surface area contributed by atoms with Gasteiger partial charge in [-0.25, -0.2) is 0 Å². The van der Waals surface area contributed by atoms with Gasteiger partial charge in [0.25, 0.3) is 5.91 Å². The van der Waals surface area contributed by atoms with Crippen molar-refractivity contribution in [1.29, 1.82) is 0 Å². The van der Waals surface area contributed by atoms with Crippen LogP contribution < -0.4 is 10.6 Å². The number of anilines is 1. The predicted octanol–water partition coefficient (Wildman–Crippen LogP) is 3.06. The van der Waals surface area contributed by atoms with E-state index in [1.54, 1.807) is 6.07 Å². The van der Waals surface area contributed by atoms with Crippen LogP contribution in [0.15, 0.2) is 53.4 Å². The topological polar surface area (TPSA) is 64.7 Å². The number of hydrogen-bond donors (Lipinski definition) is 2. The van der Waals surface area contributed by atoms with Crippen LogP contribution in [0.2, 0.25) is 0 Å². The molecular weight excluding hydrogens is 408 g/mol. The van der Waals surface area contributed by atoms with E-state index in [9.17, 15) is 9.59 Å². The third kappa shape index (κ3) is 6.32. The minimum Gasteiger partial charge on any atom is -0.352 e. The molecule has 7 heteroatoms. The smallest absolute Gasteiger partial charge is 0.251 e. The Labute approximate surface area is 188 Å². The molecule has 1 fully saturated rings. The molecule has 0 radical (unpaired) electrons. The molecule has 2 aliphatic rings. The van der Waals surface area contributed by atoms with Crippen LogP contribution in [0.1, 0.15) is 28.8 Å². The molecule has 4 rings (SSSR count). The average molecular weight is 439 g/mol. The number of amides is 2. The SMILES string of the molecule is O=C1CSc2ccc(C(=O)NCCCCN3CCN(Cc4ccccc4)CC3)cc2N1. The molecule has 6 nitrogen and oxygen atoms in total. The average Bonchev–Trinajstić information content (AvgIpc) is 2.80.